The van der Waals surface area contributed by atoms with Crippen LogP contribution in [0.3, 0.4) is 0 Å². The van der Waals surface area contributed by atoms with Gasteiger partial charge in [0.1, 0.15) is 0 Å². The third-order valence-electron chi connectivity index (χ3n) is 3.80. The Labute approximate surface area is 131 Å². The van der Waals surface area contributed by atoms with E-state index in [1.165, 1.54) is 0 Å². The molecule has 4 nitrogen and oxygen atoms in total. The van der Waals surface area contributed by atoms with Gasteiger partial charge in [0.05, 0.1) is 6.10 Å². The summed E-state index contributed by atoms with van der Waals surface area (Å²) < 4.78 is 0. The van der Waals surface area contributed by atoms with Crippen LogP contribution < -0.4 is 5.32 Å². The molecule has 1 aliphatic heterocycles. The van der Waals surface area contributed by atoms with Gasteiger partial charge in [0.15, 0.2) is 0 Å². The summed E-state index contributed by atoms with van der Waals surface area (Å²) in [5.41, 5.74) is 1.60. The minimum Gasteiger partial charge on any atom is -0.393 e. The maximum atomic E-state index is 12.0. The van der Waals surface area contributed by atoms with Crippen LogP contribution in [0.4, 0.5) is 0 Å². The zero-order valence-corrected chi connectivity index (χ0v) is 13.2. The van der Waals surface area contributed by atoms with Crippen molar-refractivity contribution < 1.29 is 9.90 Å². The van der Waals surface area contributed by atoms with Gasteiger partial charge in [-0.15, -0.1) is 0 Å². The number of aliphatic hydroxyl groups excluding tert-OH is 1. The van der Waals surface area contributed by atoms with E-state index in [4.69, 9.17) is 11.6 Å². The lowest BCUT2D eigenvalue weighted by atomic mass is 10.1. The molecule has 0 aliphatic carbocycles. The molecule has 1 aromatic carbocycles. The maximum Gasteiger partial charge on any atom is 0.251 e. The number of likely N-dealkylation sites (tertiary alicyclic amines) is 1. The number of nitrogens with one attached hydrogen (secondary N) is 1. The lowest BCUT2D eigenvalue weighted by Crippen LogP contribution is -2.37. The third-order valence-corrected chi connectivity index (χ3v) is 4.02. The molecule has 116 valence electrons. The van der Waals surface area contributed by atoms with Crippen molar-refractivity contribution in [1.29, 1.82) is 0 Å². The number of halogens is 1. The summed E-state index contributed by atoms with van der Waals surface area (Å²) in [6.45, 7) is 5.43. The summed E-state index contributed by atoms with van der Waals surface area (Å²) in [5.74, 6) is -0.0744. The summed E-state index contributed by atoms with van der Waals surface area (Å²) in [5, 5.41) is 13.0. The molecule has 1 fully saturated rings. The molecule has 0 unspecified atom stereocenters. The number of amides is 1. The Hall–Kier alpha value is -1.10. The minimum atomic E-state index is -0.132. The number of carbonyl (C=O) groups excluding carboxylic acids is 1. The van der Waals surface area contributed by atoms with E-state index in [-0.39, 0.29) is 12.0 Å². The first-order chi connectivity index (χ1) is 10.0. The first kappa shape index (κ1) is 16.3. The Kier molecular flexibility index (Phi) is 6.03. The van der Waals surface area contributed by atoms with E-state index in [1.807, 2.05) is 19.1 Å². The van der Waals surface area contributed by atoms with E-state index in [9.17, 15) is 9.90 Å². The monoisotopic (exact) mass is 310 g/mol. The minimum absolute atomic E-state index is 0.0744. The second kappa shape index (κ2) is 7.78. The van der Waals surface area contributed by atoms with Crippen LogP contribution in [0.2, 0.25) is 5.02 Å². The second-order valence-corrected chi connectivity index (χ2v) is 6.14. The van der Waals surface area contributed by atoms with Gasteiger partial charge < -0.3 is 15.3 Å². The smallest absolute Gasteiger partial charge is 0.251 e. The summed E-state index contributed by atoms with van der Waals surface area (Å²) in [7, 11) is 0. The van der Waals surface area contributed by atoms with Crippen LogP contribution in [0.25, 0.3) is 0 Å². The quantitative estimate of drug-likeness (QED) is 0.820. The Balaban J connectivity index is 1.69. The summed E-state index contributed by atoms with van der Waals surface area (Å²) in [6, 6.07) is 5.37. The predicted molar refractivity (Wildman–Crippen MR) is 84.8 cm³/mol. The van der Waals surface area contributed by atoms with Crippen LogP contribution >= 0.6 is 11.6 Å². The largest absolute Gasteiger partial charge is 0.393 e. The molecular weight excluding hydrogens is 288 g/mol. The molecule has 21 heavy (non-hydrogen) atoms. The van der Waals surface area contributed by atoms with E-state index < -0.39 is 0 Å². The molecule has 1 amide bonds. The van der Waals surface area contributed by atoms with Gasteiger partial charge in [0.25, 0.3) is 5.91 Å². The van der Waals surface area contributed by atoms with Gasteiger partial charge in [-0.1, -0.05) is 11.6 Å². The molecule has 0 atom stereocenters. The molecular formula is C16H23ClN2O2. The highest BCUT2D eigenvalue weighted by Crippen LogP contribution is 2.14. The Morgan fingerprint density at radius 3 is 2.76 bits per heavy atom. The fourth-order valence-corrected chi connectivity index (χ4v) is 2.91. The molecule has 1 heterocycles. The van der Waals surface area contributed by atoms with E-state index in [0.29, 0.717) is 17.1 Å². The zero-order chi connectivity index (χ0) is 15.2. The van der Waals surface area contributed by atoms with E-state index in [0.717, 1.165) is 44.5 Å². The molecule has 0 saturated carbocycles. The standard InChI is InChI=1S/C16H23ClN2O2/c1-12-9-13(11-14(17)10-12)16(21)18-5-2-6-19-7-3-15(20)4-8-19/h9-11,15,20H,2-8H2,1H3,(H,18,21). The SMILES string of the molecule is Cc1cc(Cl)cc(C(=O)NCCCN2CCC(O)CC2)c1. The molecule has 2 N–H and O–H groups in total. The summed E-state index contributed by atoms with van der Waals surface area (Å²) >= 11 is 5.96. The molecule has 0 radical (unpaired) electrons. The highest BCUT2D eigenvalue weighted by Gasteiger charge is 2.16. The van der Waals surface area contributed by atoms with Gasteiger partial charge in [0.2, 0.25) is 0 Å². The van der Waals surface area contributed by atoms with E-state index >= 15 is 0 Å². The van der Waals surface area contributed by atoms with Gasteiger partial charge >= 0.3 is 0 Å². The number of aryl methyl sites for hydroxylation is 1. The number of aliphatic hydroxyl groups is 1. The first-order valence-electron chi connectivity index (χ1n) is 7.50. The van der Waals surface area contributed by atoms with Crippen LogP contribution in [-0.2, 0) is 0 Å². The zero-order valence-electron chi connectivity index (χ0n) is 12.4. The molecule has 0 spiro atoms. The molecule has 1 aliphatic rings. The first-order valence-corrected chi connectivity index (χ1v) is 7.88. The lowest BCUT2D eigenvalue weighted by molar-refractivity contribution is 0.0816. The van der Waals surface area contributed by atoms with Crippen molar-refractivity contribution >= 4 is 17.5 Å². The fourth-order valence-electron chi connectivity index (χ4n) is 2.62. The number of hydrogen-bond acceptors (Lipinski definition) is 3. The van der Waals surface area contributed by atoms with Crippen molar-refractivity contribution in [2.24, 2.45) is 0 Å². The molecule has 5 heteroatoms. The molecule has 1 saturated heterocycles. The number of carbonyl (C=O) groups is 1. The average molecular weight is 311 g/mol. The molecule has 1 aromatic rings. The normalized spacial score (nSPS) is 16.9. The number of benzene rings is 1. The van der Waals surface area contributed by atoms with Crippen LogP contribution in [0.15, 0.2) is 18.2 Å². The van der Waals surface area contributed by atoms with Crippen molar-refractivity contribution in [1.82, 2.24) is 10.2 Å². The van der Waals surface area contributed by atoms with E-state index in [1.54, 1.807) is 6.07 Å². The number of piperidine rings is 1. The number of nitrogens with zero attached hydrogens (tertiary/aromatic N) is 1. The number of hydrogen-bond donors (Lipinski definition) is 2. The Morgan fingerprint density at radius 2 is 2.10 bits per heavy atom. The topological polar surface area (TPSA) is 52.6 Å². The fraction of sp³-hybridized carbons (Fsp3) is 0.562. The van der Waals surface area contributed by atoms with Crippen LogP contribution in [-0.4, -0.2) is 48.2 Å². The predicted octanol–water partition coefficient (Wildman–Crippen LogP) is 2.23. The van der Waals surface area contributed by atoms with Crippen molar-refractivity contribution in [3.63, 3.8) is 0 Å². The average Bonchev–Trinajstić information content (AvgIpc) is 2.44. The third kappa shape index (κ3) is 5.30. The maximum absolute atomic E-state index is 12.0. The second-order valence-electron chi connectivity index (χ2n) is 5.70. The van der Waals surface area contributed by atoms with E-state index in [2.05, 4.69) is 10.2 Å². The van der Waals surface area contributed by atoms with Crippen molar-refractivity contribution in [3.8, 4) is 0 Å². The summed E-state index contributed by atoms with van der Waals surface area (Å²) in [6.07, 6.45) is 2.50. The van der Waals surface area contributed by atoms with Crippen LogP contribution in [0.5, 0.6) is 0 Å². The molecule has 0 bridgehead atoms. The summed E-state index contributed by atoms with van der Waals surface area (Å²) in [4.78, 5) is 14.4. The Morgan fingerprint density at radius 1 is 1.38 bits per heavy atom. The van der Waals surface area contributed by atoms with Gasteiger partial charge in [-0.2, -0.15) is 0 Å². The van der Waals surface area contributed by atoms with Crippen molar-refractivity contribution in [2.45, 2.75) is 32.3 Å². The Bertz CT molecular complexity index is 465. The molecule has 2 rings (SSSR count). The van der Waals surface area contributed by atoms with Crippen LogP contribution in [0.1, 0.15) is 35.2 Å². The van der Waals surface area contributed by atoms with Crippen molar-refractivity contribution in [2.75, 3.05) is 26.2 Å². The van der Waals surface area contributed by atoms with Gasteiger partial charge in [-0.3, -0.25) is 4.79 Å². The van der Waals surface area contributed by atoms with Gasteiger partial charge in [0, 0.05) is 30.2 Å². The highest BCUT2D eigenvalue weighted by molar-refractivity contribution is 6.31. The van der Waals surface area contributed by atoms with Crippen molar-refractivity contribution in [3.05, 3.63) is 34.3 Å². The molecule has 0 aromatic heterocycles. The number of rotatable bonds is 5. The lowest BCUT2D eigenvalue weighted by Gasteiger charge is -2.29. The van der Waals surface area contributed by atoms with Gasteiger partial charge in [-0.25, -0.2) is 0 Å². The van der Waals surface area contributed by atoms with Crippen LogP contribution in [0, 0.1) is 6.92 Å². The van der Waals surface area contributed by atoms with Gasteiger partial charge in [-0.05, 0) is 56.5 Å². The highest BCUT2D eigenvalue weighted by atomic mass is 35.5.